The molecule has 15 heavy (non-hydrogen) atoms. The summed E-state index contributed by atoms with van der Waals surface area (Å²) in [5.74, 6) is 1.26. The first-order valence-corrected chi connectivity index (χ1v) is 5.68. The highest BCUT2D eigenvalue weighted by Gasteiger charge is 2.08. The Balaban J connectivity index is 2.44. The average Bonchev–Trinajstić information content (AvgIpc) is 2.64. The lowest BCUT2D eigenvalue weighted by Crippen LogP contribution is -1.82. The van der Waals surface area contributed by atoms with E-state index in [2.05, 4.69) is 26.1 Å². The summed E-state index contributed by atoms with van der Waals surface area (Å²) in [6.07, 6.45) is 0. The first-order valence-electron chi connectivity index (χ1n) is 4.35. The summed E-state index contributed by atoms with van der Waals surface area (Å²) in [6, 6.07) is 5.93. The van der Waals surface area contributed by atoms with Crippen molar-refractivity contribution in [3.63, 3.8) is 0 Å². The molecule has 0 saturated heterocycles. The summed E-state index contributed by atoms with van der Waals surface area (Å²) < 4.78 is 6.07. The maximum Gasteiger partial charge on any atom is 0.258 e. The van der Waals surface area contributed by atoms with Crippen LogP contribution >= 0.6 is 27.5 Å². The number of aromatic nitrogens is 2. The van der Waals surface area contributed by atoms with Gasteiger partial charge in [0.1, 0.15) is 0 Å². The Labute approximate surface area is 101 Å². The van der Waals surface area contributed by atoms with E-state index in [1.807, 2.05) is 25.1 Å². The predicted molar refractivity (Wildman–Crippen MR) is 61.7 cm³/mol. The number of hydrogen-bond donors (Lipinski definition) is 0. The van der Waals surface area contributed by atoms with Gasteiger partial charge in [-0.3, -0.25) is 0 Å². The number of benzene rings is 1. The minimum atomic E-state index is 0.260. The molecule has 0 spiro atoms. The van der Waals surface area contributed by atoms with E-state index >= 15 is 0 Å². The van der Waals surface area contributed by atoms with Crippen molar-refractivity contribution in [3.05, 3.63) is 34.1 Å². The zero-order chi connectivity index (χ0) is 10.8. The normalized spacial score (nSPS) is 10.6. The molecule has 1 aromatic heterocycles. The monoisotopic (exact) mass is 286 g/mol. The molecular formula is C10H8BrClN2O. The quantitative estimate of drug-likeness (QED) is 0.793. The van der Waals surface area contributed by atoms with Gasteiger partial charge < -0.3 is 4.52 Å². The van der Waals surface area contributed by atoms with Gasteiger partial charge in [0.25, 0.3) is 5.89 Å². The van der Waals surface area contributed by atoms with Crippen LogP contribution in [-0.4, -0.2) is 10.1 Å². The lowest BCUT2D eigenvalue weighted by Gasteiger charge is -1.98. The van der Waals surface area contributed by atoms with Gasteiger partial charge in [-0.1, -0.05) is 21.1 Å². The zero-order valence-corrected chi connectivity index (χ0v) is 10.3. The smallest absolute Gasteiger partial charge is 0.258 e. The lowest BCUT2D eigenvalue weighted by molar-refractivity contribution is 0.425. The second-order valence-electron chi connectivity index (χ2n) is 3.17. The molecule has 2 rings (SSSR count). The van der Waals surface area contributed by atoms with Gasteiger partial charge in [0.05, 0.1) is 5.88 Å². The molecule has 5 heteroatoms. The highest BCUT2D eigenvalue weighted by molar-refractivity contribution is 9.10. The number of aryl methyl sites for hydroxylation is 1. The largest absolute Gasteiger partial charge is 0.334 e. The second-order valence-corrected chi connectivity index (χ2v) is 4.35. The Morgan fingerprint density at radius 3 is 2.80 bits per heavy atom. The van der Waals surface area contributed by atoms with Gasteiger partial charge in [-0.2, -0.15) is 4.98 Å². The summed E-state index contributed by atoms with van der Waals surface area (Å²) in [5, 5.41) is 3.74. The third-order valence-electron chi connectivity index (χ3n) is 1.88. The van der Waals surface area contributed by atoms with Crippen molar-refractivity contribution in [2.24, 2.45) is 0 Å². The maximum absolute atomic E-state index is 5.60. The molecular weight excluding hydrogens is 279 g/mol. The number of alkyl halides is 1. The molecule has 0 N–H and O–H groups in total. The van der Waals surface area contributed by atoms with Crippen LogP contribution in [0, 0.1) is 6.92 Å². The van der Waals surface area contributed by atoms with Crippen LogP contribution in [0.5, 0.6) is 0 Å². The molecule has 2 aromatic rings. The van der Waals surface area contributed by atoms with Crippen LogP contribution in [0.1, 0.15) is 11.4 Å². The molecule has 0 bridgehead atoms. The second kappa shape index (κ2) is 4.33. The highest BCUT2D eigenvalue weighted by Crippen LogP contribution is 2.23. The highest BCUT2D eigenvalue weighted by atomic mass is 79.9. The molecule has 1 heterocycles. The molecule has 0 aliphatic heterocycles. The van der Waals surface area contributed by atoms with Crippen molar-refractivity contribution in [2.45, 2.75) is 12.8 Å². The topological polar surface area (TPSA) is 38.9 Å². The minimum absolute atomic E-state index is 0.260. The molecule has 3 nitrogen and oxygen atoms in total. The molecule has 0 fully saturated rings. The summed E-state index contributed by atoms with van der Waals surface area (Å²) in [5.41, 5.74) is 2.02. The molecule has 1 aromatic carbocycles. The molecule has 0 unspecified atom stereocenters. The molecule has 78 valence electrons. The van der Waals surface area contributed by atoms with Crippen LogP contribution in [-0.2, 0) is 5.88 Å². The van der Waals surface area contributed by atoms with E-state index in [0.717, 1.165) is 15.6 Å². The van der Waals surface area contributed by atoms with Crippen molar-refractivity contribution in [3.8, 4) is 11.5 Å². The Bertz CT molecular complexity index is 464. The van der Waals surface area contributed by atoms with Crippen LogP contribution in [0.4, 0.5) is 0 Å². The summed E-state index contributed by atoms with van der Waals surface area (Å²) >= 11 is 9.01. The molecule has 0 amide bonds. The molecule has 0 atom stereocenters. The lowest BCUT2D eigenvalue weighted by atomic mass is 10.1. The standard InChI is InChI=1S/C10H8BrClN2O/c1-6-2-7(4-8(11)3-6)10-13-9(5-12)14-15-10/h2-4H,5H2,1H3. The zero-order valence-electron chi connectivity index (χ0n) is 8.00. The number of hydrogen-bond acceptors (Lipinski definition) is 3. The predicted octanol–water partition coefficient (Wildman–Crippen LogP) is 3.55. The summed E-state index contributed by atoms with van der Waals surface area (Å²) in [6.45, 7) is 2.01. The molecule has 0 radical (unpaired) electrons. The molecule has 0 aliphatic carbocycles. The third-order valence-corrected chi connectivity index (χ3v) is 2.57. The minimum Gasteiger partial charge on any atom is -0.334 e. The van der Waals surface area contributed by atoms with Crippen LogP contribution in [0.15, 0.2) is 27.2 Å². The van der Waals surface area contributed by atoms with Crippen molar-refractivity contribution < 1.29 is 4.52 Å². The van der Waals surface area contributed by atoms with E-state index in [4.69, 9.17) is 16.1 Å². The Hall–Kier alpha value is -0.870. The van der Waals surface area contributed by atoms with Crippen molar-refractivity contribution in [1.82, 2.24) is 10.1 Å². The Morgan fingerprint density at radius 2 is 2.20 bits per heavy atom. The van der Waals surface area contributed by atoms with Gasteiger partial charge in [0, 0.05) is 10.0 Å². The van der Waals surface area contributed by atoms with E-state index < -0.39 is 0 Å². The maximum atomic E-state index is 5.60. The van der Waals surface area contributed by atoms with Crippen LogP contribution < -0.4 is 0 Å². The number of rotatable bonds is 2. The Kier molecular flexibility index (Phi) is 3.07. The first-order chi connectivity index (χ1) is 7.19. The van der Waals surface area contributed by atoms with E-state index in [1.165, 1.54) is 0 Å². The van der Waals surface area contributed by atoms with E-state index in [1.54, 1.807) is 0 Å². The SMILES string of the molecule is Cc1cc(Br)cc(-c2nc(CCl)no2)c1. The molecule has 0 saturated carbocycles. The van der Waals surface area contributed by atoms with E-state index in [-0.39, 0.29) is 5.88 Å². The van der Waals surface area contributed by atoms with E-state index in [0.29, 0.717) is 11.7 Å². The molecule has 0 aliphatic rings. The summed E-state index contributed by atoms with van der Waals surface area (Å²) in [4.78, 5) is 4.15. The van der Waals surface area contributed by atoms with Crippen LogP contribution in [0.3, 0.4) is 0 Å². The first kappa shape index (κ1) is 10.6. The Morgan fingerprint density at radius 1 is 1.40 bits per heavy atom. The van der Waals surface area contributed by atoms with Crippen molar-refractivity contribution >= 4 is 27.5 Å². The van der Waals surface area contributed by atoms with Gasteiger partial charge in [-0.15, -0.1) is 11.6 Å². The van der Waals surface area contributed by atoms with Gasteiger partial charge in [0.15, 0.2) is 5.82 Å². The van der Waals surface area contributed by atoms with Gasteiger partial charge in [-0.25, -0.2) is 0 Å². The van der Waals surface area contributed by atoms with Gasteiger partial charge >= 0.3 is 0 Å². The van der Waals surface area contributed by atoms with Crippen LogP contribution in [0.25, 0.3) is 11.5 Å². The summed E-state index contributed by atoms with van der Waals surface area (Å²) in [7, 11) is 0. The van der Waals surface area contributed by atoms with E-state index in [9.17, 15) is 0 Å². The fourth-order valence-electron chi connectivity index (χ4n) is 1.29. The average molecular weight is 288 g/mol. The number of halogens is 2. The van der Waals surface area contributed by atoms with Gasteiger partial charge in [0.2, 0.25) is 0 Å². The van der Waals surface area contributed by atoms with Gasteiger partial charge in [-0.05, 0) is 30.7 Å². The third kappa shape index (κ3) is 2.38. The van der Waals surface area contributed by atoms with Crippen molar-refractivity contribution in [2.75, 3.05) is 0 Å². The van der Waals surface area contributed by atoms with Crippen LogP contribution in [0.2, 0.25) is 0 Å². The van der Waals surface area contributed by atoms with Crippen molar-refractivity contribution in [1.29, 1.82) is 0 Å². The number of nitrogens with zero attached hydrogens (tertiary/aromatic N) is 2. The fraction of sp³-hybridized carbons (Fsp3) is 0.200. The fourth-order valence-corrected chi connectivity index (χ4v) is 2.00.